The molecule has 0 aromatic carbocycles. The third kappa shape index (κ3) is 3.67. The lowest BCUT2D eigenvalue weighted by Crippen LogP contribution is -2.41. The van der Waals surface area contributed by atoms with E-state index in [4.69, 9.17) is 0 Å². The van der Waals surface area contributed by atoms with Crippen LogP contribution in [0.3, 0.4) is 0 Å². The summed E-state index contributed by atoms with van der Waals surface area (Å²) in [6, 6.07) is 1.62. The number of aliphatic carboxylic acids is 1. The molecule has 0 aliphatic heterocycles. The van der Waals surface area contributed by atoms with Gasteiger partial charge in [-0.05, 0) is 33.6 Å². The maximum absolute atomic E-state index is 12.7. The van der Waals surface area contributed by atoms with E-state index < -0.39 is 23.7 Å². The molecule has 0 saturated carbocycles. The molecule has 3 rings (SSSR count). The molecule has 0 fully saturated rings. The highest BCUT2D eigenvalue weighted by Crippen LogP contribution is 2.27. The van der Waals surface area contributed by atoms with Crippen molar-refractivity contribution < 1.29 is 14.7 Å². The monoisotopic (exact) mass is 370 g/mol. The molecule has 0 spiro atoms. The van der Waals surface area contributed by atoms with Crippen LogP contribution in [0.2, 0.25) is 0 Å². The molecule has 2 aromatic rings. The molecule has 1 aliphatic carbocycles. The fraction of sp³-hybridized carbons (Fsp3) is 0.389. The maximum Gasteiger partial charge on any atom is 0.255 e. The number of hydrogen-bond acceptors (Lipinski definition) is 6. The second-order valence-electron chi connectivity index (χ2n) is 6.65. The smallest absolute Gasteiger partial charge is 0.255 e. The van der Waals surface area contributed by atoms with E-state index in [1.54, 1.807) is 39.0 Å². The number of carbonyl (C=O) groups excluding carboxylic acids is 2. The number of carbonyl (C=O) groups is 2. The van der Waals surface area contributed by atoms with Crippen LogP contribution >= 0.6 is 0 Å². The van der Waals surface area contributed by atoms with Crippen molar-refractivity contribution in [1.29, 1.82) is 0 Å². The number of carboxylic acids is 1. The van der Waals surface area contributed by atoms with Gasteiger partial charge in [0.25, 0.3) is 5.56 Å². The number of nitrogens with one attached hydrogen (secondary N) is 2. The number of amides is 1. The molecule has 2 N–H and O–H groups in total. The van der Waals surface area contributed by atoms with E-state index in [2.05, 4.69) is 20.4 Å². The molecule has 1 aliphatic rings. The molecule has 1 amide bonds. The average molecular weight is 370 g/mol. The van der Waals surface area contributed by atoms with Crippen molar-refractivity contribution in [1.82, 2.24) is 19.7 Å². The number of carboxylic acid groups (broad SMARTS) is 1. The number of H-pyrrole nitrogens is 1. The summed E-state index contributed by atoms with van der Waals surface area (Å²) in [6.07, 6.45) is 4.10. The number of aromatic amines is 1. The molecule has 142 valence electrons. The van der Waals surface area contributed by atoms with Crippen molar-refractivity contribution >= 4 is 17.7 Å². The lowest BCUT2D eigenvalue weighted by Gasteiger charge is -2.28. The molecule has 0 bridgehead atoms. The lowest BCUT2D eigenvalue weighted by atomic mass is 9.82. The first-order valence-electron chi connectivity index (χ1n) is 8.59. The lowest BCUT2D eigenvalue weighted by molar-refractivity contribution is -0.313. The Balaban J connectivity index is 1.93. The van der Waals surface area contributed by atoms with Crippen LogP contribution < -0.4 is 16.0 Å². The molecule has 0 unspecified atom stereocenters. The fourth-order valence-corrected chi connectivity index (χ4v) is 3.06. The molecular formula is C18H20N5O4-. The van der Waals surface area contributed by atoms with Crippen molar-refractivity contribution in [2.24, 2.45) is 11.8 Å². The van der Waals surface area contributed by atoms with Crippen LogP contribution in [0.5, 0.6) is 0 Å². The Morgan fingerprint density at radius 1 is 1.22 bits per heavy atom. The summed E-state index contributed by atoms with van der Waals surface area (Å²) >= 11 is 0. The predicted molar refractivity (Wildman–Crippen MR) is 95.2 cm³/mol. The van der Waals surface area contributed by atoms with Crippen molar-refractivity contribution in [3.05, 3.63) is 45.5 Å². The first kappa shape index (κ1) is 18.6. The van der Waals surface area contributed by atoms with Gasteiger partial charge in [-0.1, -0.05) is 12.2 Å². The summed E-state index contributed by atoms with van der Waals surface area (Å²) in [5, 5.41) is 18.3. The van der Waals surface area contributed by atoms with Gasteiger partial charge >= 0.3 is 0 Å². The first-order chi connectivity index (χ1) is 12.8. The van der Waals surface area contributed by atoms with E-state index in [-0.39, 0.29) is 17.9 Å². The highest BCUT2D eigenvalue weighted by molar-refractivity contribution is 5.94. The number of aryl methyl sites for hydroxylation is 2. The molecule has 0 radical (unpaired) electrons. The van der Waals surface area contributed by atoms with Gasteiger partial charge < -0.3 is 15.2 Å². The maximum atomic E-state index is 12.7. The first-order valence-corrected chi connectivity index (χ1v) is 8.59. The Morgan fingerprint density at radius 3 is 2.52 bits per heavy atom. The molecule has 2 heterocycles. The van der Waals surface area contributed by atoms with Crippen LogP contribution in [0.25, 0.3) is 5.95 Å². The molecule has 2 aromatic heterocycles. The van der Waals surface area contributed by atoms with Crippen LogP contribution in [0.4, 0.5) is 5.82 Å². The molecule has 2 atom stereocenters. The highest BCUT2D eigenvalue weighted by atomic mass is 16.4. The Labute approximate surface area is 155 Å². The zero-order valence-corrected chi connectivity index (χ0v) is 15.3. The van der Waals surface area contributed by atoms with Crippen molar-refractivity contribution in [3.63, 3.8) is 0 Å². The number of rotatable bonds is 4. The summed E-state index contributed by atoms with van der Waals surface area (Å²) in [4.78, 5) is 43.0. The van der Waals surface area contributed by atoms with Crippen molar-refractivity contribution in [3.8, 4) is 5.95 Å². The van der Waals surface area contributed by atoms with E-state index in [0.29, 0.717) is 29.2 Å². The zero-order valence-electron chi connectivity index (χ0n) is 15.3. The van der Waals surface area contributed by atoms with Gasteiger partial charge in [0.2, 0.25) is 11.9 Å². The summed E-state index contributed by atoms with van der Waals surface area (Å²) in [5.74, 6) is -2.84. The Morgan fingerprint density at radius 2 is 1.89 bits per heavy atom. The number of aromatic nitrogens is 4. The van der Waals surface area contributed by atoms with Gasteiger partial charge in [-0.2, -0.15) is 9.78 Å². The van der Waals surface area contributed by atoms with Gasteiger partial charge in [-0.3, -0.25) is 14.6 Å². The zero-order chi connectivity index (χ0) is 19.7. The summed E-state index contributed by atoms with van der Waals surface area (Å²) in [5.41, 5.74) is 1.36. The molecular weight excluding hydrogens is 350 g/mol. The predicted octanol–water partition coefficient (Wildman–Crippen LogP) is 0.152. The third-order valence-corrected chi connectivity index (χ3v) is 4.74. The van der Waals surface area contributed by atoms with E-state index in [1.807, 2.05) is 0 Å². The number of nitrogens with zero attached hydrogens (tertiary/aromatic N) is 3. The van der Waals surface area contributed by atoms with Crippen LogP contribution in [0.1, 0.15) is 29.8 Å². The van der Waals surface area contributed by atoms with Crippen LogP contribution in [-0.2, 0) is 9.59 Å². The summed E-state index contributed by atoms with van der Waals surface area (Å²) in [7, 11) is 0. The van der Waals surface area contributed by atoms with E-state index >= 15 is 0 Å². The third-order valence-electron chi connectivity index (χ3n) is 4.74. The van der Waals surface area contributed by atoms with Crippen molar-refractivity contribution in [2.45, 2.75) is 33.6 Å². The number of anilines is 1. The number of allylic oxidation sites excluding steroid dienone is 2. The second kappa shape index (κ2) is 7.18. The topological polar surface area (TPSA) is 133 Å². The normalized spacial score (nSPS) is 19.1. The highest BCUT2D eigenvalue weighted by Gasteiger charge is 2.30. The number of hydrogen-bond donors (Lipinski definition) is 2. The largest absolute Gasteiger partial charge is 0.550 e. The summed E-state index contributed by atoms with van der Waals surface area (Å²) < 4.78 is 1.33. The van der Waals surface area contributed by atoms with Gasteiger partial charge in [-0.25, -0.2) is 4.98 Å². The standard InChI is InChI=1S/C18H21N5O4/c1-9-8-14(20-16(25)12-6-4-5-7-13(12)17(26)27)23(22-9)18-19-11(3)10(2)15(24)21-18/h4-5,8,12-13H,6-7H2,1-3H3,(H,20,25)(H,26,27)(H,19,21,24)/p-1/t12-,13+/m1/s1. The van der Waals surface area contributed by atoms with Crippen LogP contribution in [0.15, 0.2) is 23.0 Å². The molecule has 9 nitrogen and oxygen atoms in total. The minimum Gasteiger partial charge on any atom is -0.550 e. The van der Waals surface area contributed by atoms with E-state index in [0.717, 1.165) is 0 Å². The Hall–Kier alpha value is -3.23. The van der Waals surface area contributed by atoms with E-state index in [9.17, 15) is 19.5 Å². The van der Waals surface area contributed by atoms with Crippen molar-refractivity contribution in [2.75, 3.05) is 5.32 Å². The minimum absolute atomic E-state index is 0.173. The summed E-state index contributed by atoms with van der Waals surface area (Å²) in [6.45, 7) is 5.11. The Kier molecular flexibility index (Phi) is 4.93. The minimum atomic E-state index is -1.25. The SMILES string of the molecule is Cc1cc(NC(=O)[C@@H]2CC=CC[C@@H]2C(=O)[O-])n(-c2nc(C)c(C)c(=O)[nH]2)n1. The molecule has 9 heteroatoms. The second-order valence-corrected chi connectivity index (χ2v) is 6.65. The van der Waals surface area contributed by atoms with Crippen LogP contribution in [-0.4, -0.2) is 31.6 Å². The average Bonchev–Trinajstić information content (AvgIpc) is 2.99. The van der Waals surface area contributed by atoms with E-state index in [1.165, 1.54) is 4.68 Å². The Bertz CT molecular complexity index is 988. The fourth-order valence-electron chi connectivity index (χ4n) is 3.06. The van der Waals surface area contributed by atoms with Gasteiger partial charge in [0.1, 0.15) is 5.82 Å². The van der Waals surface area contributed by atoms with Gasteiger partial charge in [0.15, 0.2) is 0 Å². The molecule has 27 heavy (non-hydrogen) atoms. The van der Waals surface area contributed by atoms with Crippen LogP contribution in [0, 0.1) is 32.6 Å². The van der Waals surface area contributed by atoms with Gasteiger partial charge in [0.05, 0.1) is 11.6 Å². The van der Waals surface area contributed by atoms with Gasteiger partial charge in [0, 0.05) is 29.2 Å². The molecule has 0 saturated heterocycles. The quantitative estimate of drug-likeness (QED) is 0.736. The van der Waals surface area contributed by atoms with Gasteiger partial charge in [-0.15, -0.1) is 0 Å².